The molecule has 0 aliphatic heterocycles. The number of carboxylic acids is 1. The van der Waals surface area contributed by atoms with Crippen LogP contribution in [-0.4, -0.2) is 27.0 Å². The molecule has 2 aromatic carbocycles. The lowest BCUT2D eigenvalue weighted by molar-refractivity contribution is 0.0698. The fraction of sp³-hybridized carbons (Fsp3) is 0. The summed E-state index contributed by atoms with van der Waals surface area (Å²) in [5.74, 6) is -1.55. The molecular formula is C24H17N3O3. The van der Waals surface area contributed by atoms with Gasteiger partial charge in [0.05, 0.1) is 22.5 Å². The van der Waals surface area contributed by atoms with E-state index in [0.717, 1.165) is 16.7 Å². The van der Waals surface area contributed by atoms with Crippen molar-refractivity contribution in [2.75, 3.05) is 5.32 Å². The molecule has 0 saturated heterocycles. The standard InChI is InChI=1S/C24H17N3O3/c28-23(19-7-9-21(26-15-19)17-10-12-25-13-11-17)27-22-14-18(6-8-20(22)24(29)30)16-4-2-1-3-5-16/h1-15H,(H,27,28)(H,29,30). The third kappa shape index (κ3) is 4.07. The molecular weight excluding hydrogens is 378 g/mol. The summed E-state index contributed by atoms with van der Waals surface area (Å²) in [6, 6.07) is 21.5. The van der Waals surface area contributed by atoms with E-state index in [2.05, 4.69) is 15.3 Å². The van der Waals surface area contributed by atoms with Crippen LogP contribution in [0.25, 0.3) is 22.4 Å². The summed E-state index contributed by atoms with van der Waals surface area (Å²) in [5, 5.41) is 12.2. The molecule has 6 nitrogen and oxygen atoms in total. The van der Waals surface area contributed by atoms with Crippen LogP contribution in [0.4, 0.5) is 5.69 Å². The maximum Gasteiger partial charge on any atom is 0.337 e. The Hall–Kier alpha value is -4.32. The number of rotatable bonds is 5. The van der Waals surface area contributed by atoms with Gasteiger partial charge in [-0.25, -0.2) is 4.79 Å². The highest BCUT2D eigenvalue weighted by Gasteiger charge is 2.15. The van der Waals surface area contributed by atoms with Gasteiger partial charge < -0.3 is 10.4 Å². The number of amides is 1. The average molecular weight is 395 g/mol. The Bertz CT molecular complexity index is 1190. The molecule has 2 aromatic heterocycles. The van der Waals surface area contributed by atoms with Crippen molar-refractivity contribution in [1.29, 1.82) is 0 Å². The predicted molar refractivity (Wildman–Crippen MR) is 114 cm³/mol. The normalized spacial score (nSPS) is 10.4. The fourth-order valence-corrected chi connectivity index (χ4v) is 3.06. The Labute approximate surface area is 172 Å². The Balaban J connectivity index is 1.61. The van der Waals surface area contributed by atoms with Gasteiger partial charge in [-0.05, 0) is 47.5 Å². The van der Waals surface area contributed by atoms with Crippen molar-refractivity contribution in [2.24, 2.45) is 0 Å². The van der Waals surface area contributed by atoms with Gasteiger partial charge in [0.15, 0.2) is 0 Å². The Morgan fingerprint density at radius 3 is 2.23 bits per heavy atom. The van der Waals surface area contributed by atoms with E-state index < -0.39 is 11.9 Å². The van der Waals surface area contributed by atoms with E-state index in [0.29, 0.717) is 11.3 Å². The van der Waals surface area contributed by atoms with Gasteiger partial charge in [-0.2, -0.15) is 0 Å². The first-order chi connectivity index (χ1) is 14.6. The van der Waals surface area contributed by atoms with Crippen molar-refractivity contribution in [3.8, 4) is 22.4 Å². The van der Waals surface area contributed by atoms with E-state index in [4.69, 9.17) is 0 Å². The van der Waals surface area contributed by atoms with Crippen LogP contribution in [0.2, 0.25) is 0 Å². The molecule has 2 N–H and O–H groups in total. The number of hydrogen-bond acceptors (Lipinski definition) is 4. The quantitative estimate of drug-likeness (QED) is 0.508. The van der Waals surface area contributed by atoms with Crippen LogP contribution in [0.1, 0.15) is 20.7 Å². The van der Waals surface area contributed by atoms with Gasteiger partial charge in [0, 0.05) is 24.2 Å². The molecule has 146 valence electrons. The first kappa shape index (κ1) is 19.0. The monoisotopic (exact) mass is 395 g/mol. The predicted octanol–water partition coefficient (Wildman–Crippen LogP) is 4.76. The third-order valence-electron chi connectivity index (χ3n) is 4.61. The average Bonchev–Trinajstić information content (AvgIpc) is 2.80. The lowest BCUT2D eigenvalue weighted by Gasteiger charge is -2.11. The van der Waals surface area contributed by atoms with E-state index in [1.807, 2.05) is 42.5 Å². The minimum absolute atomic E-state index is 0.0180. The Kier molecular flexibility index (Phi) is 5.30. The summed E-state index contributed by atoms with van der Waals surface area (Å²) < 4.78 is 0. The van der Waals surface area contributed by atoms with Crippen LogP contribution in [0.15, 0.2) is 91.4 Å². The minimum atomic E-state index is -1.11. The maximum absolute atomic E-state index is 12.7. The van der Waals surface area contributed by atoms with E-state index in [1.165, 1.54) is 12.3 Å². The highest BCUT2D eigenvalue weighted by atomic mass is 16.4. The van der Waals surface area contributed by atoms with Gasteiger partial charge in [-0.15, -0.1) is 0 Å². The second-order valence-corrected chi connectivity index (χ2v) is 6.55. The Morgan fingerprint density at radius 2 is 1.57 bits per heavy atom. The molecule has 4 aromatic rings. The second-order valence-electron chi connectivity index (χ2n) is 6.55. The number of benzene rings is 2. The van der Waals surface area contributed by atoms with Crippen molar-refractivity contribution in [3.63, 3.8) is 0 Å². The molecule has 0 aliphatic rings. The van der Waals surface area contributed by atoms with E-state index in [9.17, 15) is 14.7 Å². The van der Waals surface area contributed by atoms with Crippen molar-refractivity contribution in [1.82, 2.24) is 9.97 Å². The SMILES string of the molecule is O=C(Nc1cc(-c2ccccc2)ccc1C(=O)O)c1ccc(-c2ccncc2)nc1. The van der Waals surface area contributed by atoms with Crippen LogP contribution in [-0.2, 0) is 0 Å². The largest absolute Gasteiger partial charge is 0.478 e. The van der Waals surface area contributed by atoms with E-state index in [-0.39, 0.29) is 11.3 Å². The van der Waals surface area contributed by atoms with Crippen molar-refractivity contribution in [2.45, 2.75) is 0 Å². The summed E-state index contributed by atoms with van der Waals surface area (Å²) in [7, 11) is 0. The zero-order valence-corrected chi connectivity index (χ0v) is 15.8. The molecule has 0 radical (unpaired) electrons. The van der Waals surface area contributed by atoms with E-state index in [1.54, 1.807) is 36.7 Å². The molecule has 30 heavy (non-hydrogen) atoms. The second kappa shape index (κ2) is 8.36. The highest BCUT2D eigenvalue weighted by molar-refractivity contribution is 6.08. The first-order valence-electron chi connectivity index (χ1n) is 9.22. The molecule has 2 heterocycles. The van der Waals surface area contributed by atoms with Crippen molar-refractivity contribution < 1.29 is 14.7 Å². The zero-order chi connectivity index (χ0) is 20.9. The number of carboxylic acid groups (broad SMARTS) is 1. The lowest BCUT2D eigenvalue weighted by atomic mass is 10.0. The maximum atomic E-state index is 12.7. The molecule has 0 spiro atoms. The topological polar surface area (TPSA) is 92.2 Å². The highest BCUT2D eigenvalue weighted by Crippen LogP contribution is 2.26. The summed E-state index contributed by atoms with van der Waals surface area (Å²) in [6.45, 7) is 0. The first-order valence-corrected chi connectivity index (χ1v) is 9.22. The number of pyridine rings is 2. The fourth-order valence-electron chi connectivity index (χ4n) is 3.06. The van der Waals surface area contributed by atoms with Gasteiger partial charge in [0.2, 0.25) is 0 Å². The van der Waals surface area contributed by atoms with Crippen LogP contribution < -0.4 is 5.32 Å². The van der Waals surface area contributed by atoms with Crippen LogP contribution in [0, 0.1) is 0 Å². The minimum Gasteiger partial charge on any atom is -0.478 e. The summed E-state index contributed by atoms with van der Waals surface area (Å²) in [4.78, 5) is 32.7. The van der Waals surface area contributed by atoms with Gasteiger partial charge in [0.1, 0.15) is 0 Å². The van der Waals surface area contributed by atoms with Gasteiger partial charge in [-0.3, -0.25) is 14.8 Å². The molecule has 0 atom stereocenters. The lowest BCUT2D eigenvalue weighted by Crippen LogP contribution is -2.15. The zero-order valence-electron chi connectivity index (χ0n) is 15.8. The van der Waals surface area contributed by atoms with Gasteiger partial charge in [0.25, 0.3) is 5.91 Å². The number of hydrogen-bond donors (Lipinski definition) is 2. The van der Waals surface area contributed by atoms with Gasteiger partial charge in [-0.1, -0.05) is 36.4 Å². The number of aromatic carboxylic acids is 1. The van der Waals surface area contributed by atoms with E-state index >= 15 is 0 Å². The number of nitrogens with one attached hydrogen (secondary N) is 1. The third-order valence-corrected chi connectivity index (χ3v) is 4.61. The molecule has 0 fully saturated rings. The molecule has 6 heteroatoms. The molecule has 0 unspecified atom stereocenters. The number of nitrogens with zero attached hydrogens (tertiary/aromatic N) is 2. The van der Waals surface area contributed by atoms with Crippen LogP contribution in [0.3, 0.4) is 0 Å². The number of carbonyl (C=O) groups excluding carboxylic acids is 1. The van der Waals surface area contributed by atoms with Crippen molar-refractivity contribution >= 4 is 17.6 Å². The van der Waals surface area contributed by atoms with Gasteiger partial charge >= 0.3 is 5.97 Å². The smallest absolute Gasteiger partial charge is 0.337 e. The summed E-state index contributed by atoms with van der Waals surface area (Å²) in [6.07, 6.45) is 4.81. The van der Waals surface area contributed by atoms with Crippen LogP contribution in [0.5, 0.6) is 0 Å². The molecule has 4 rings (SSSR count). The molecule has 0 saturated carbocycles. The summed E-state index contributed by atoms with van der Waals surface area (Å²) in [5.41, 5.74) is 3.91. The molecule has 0 bridgehead atoms. The molecule has 0 aliphatic carbocycles. The molecule has 1 amide bonds. The summed E-state index contributed by atoms with van der Waals surface area (Å²) >= 11 is 0. The van der Waals surface area contributed by atoms with Crippen LogP contribution >= 0.6 is 0 Å². The Morgan fingerprint density at radius 1 is 0.800 bits per heavy atom. The van der Waals surface area contributed by atoms with Crippen molar-refractivity contribution in [3.05, 3.63) is 103 Å². The number of carbonyl (C=O) groups is 2. The number of anilines is 1. The number of aromatic nitrogens is 2.